The molecule has 0 fully saturated rings. The van der Waals surface area contributed by atoms with Crippen molar-refractivity contribution in [1.82, 2.24) is 0 Å². The summed E-state index contributed by atoms with van der Waals surface area (Å²) in [5, 5.41) is 8.98. The van der Waals surface area contributed by atoms with Crippen molar-refractivity contribution in [3.05, 3.63) is 84.2 Å². The lowest BCUT2D eigenvalue weighted by atomic mass is 10.0. The minimum absolute atomic E-state index is 0.333. The molecule has 0 heterocycles. The Balaban J connectivity index is 2.02. The highest BCUT2D eigenvalue weighted by Crippen LogP contribution is 2.29. The molecule has 2 N–H and O–H groups in total. The molecule has 7 heteroatoms. The van der Waals surface area contributed by atoms with E-state index in [2.05, 4.69) is 4.72 Å². The number of rotatable bonds is 5. The van der Waals surface area contributed by atoms with E-state index in [4.69, 9.17) is 5.11 Å². The first-order chi connectivity index (χ1) is 12.4. The largest absolute Gasteiger partial charge is 0.478 e. The zero-order valence-electron chi connectivity index (χ0n) is 13.4. The van der Waals surface area contributed by atoms with Gasteiger partial charge in [0.1, 0.15) is 5.82 Å². The molecule has 0 spiro atoms. The fourth-order valence-electron chi connectivity index (χ4n) is 2.48. The molecule has 0 saturated heterocycles. The number of hydrogen-bond acceptors (Lipinski definition) is 3. The Labute approximate surface area is 149 Å². The number of nitrogens with one attached hydrogen (secondary N) is 1. The number of anilines is 1. The van der Waals surface area contributed by atoms with E-state index in [1.54, 1.807) is 24.3 Å². The second-order valence-corrected chi connectivity index (χ2v) is 7.15. The molecule has 132 valence electrons. The standard InChI is InChI=1S/C19H14FNO4S/c20-17-11-10-14(12-16(17)19(22)23)26(24,25)21-18-9-5-4-8-15(18)13-6-2-1-3-7-13/h1-12,21H,(H,22,23). The van der Waals surface area contributed by atoms with Crippen molar-refractivity contribution in [1.29, 1.82) is 0 Å². The number of hydrogen-bond donors (Lipinski definition) is 2. The van der Waals surface area contributed by atoms with Gasteiger partial charge >= 0.3 is 5.97 Å². The molecule has 0 atom stereocenters. The Morgan fingerprint density at radius 1 is 0.923 bits per heavy atom. The summed E-state index contributed by atoms with van der Waals surface area (Å²) in [5.41, 5.74) is 1.11. The van der Waals surface area contributed by atoms with Gasteiger partial charge in [0.2, 0.25) is 0 Å². The Kier molecular flexibility index (Phi) is 4.73. The highest BCUT2D eigenvalue weighted by molar-refractivity contribution is 7.92. The number of sulfonamides is 1. The fourth-order valence-corrected chi connectivity index (χ4v) is 3.59. The predicted molar refractivity (Wildman–Crippen MR) is 96.0 cm³/mol. The third kappa shape index (κ3) is 3.57. The second-order valence-electron chi connectivity index (χ2n) is 5.46. The van der Waals surface area contributed by atoms with Gasteiger partial charge in [-0.15, -0.1) is 0 Å². The van der Waals surface area contributed by atoms with Crippen LogP contribution < -0.4 is 4.72 Å². The molecule has 0 bridgehead atoms. The molecule has 0 aliphatic rings. The van der Waals surface area contributed by atoms with Crippen molar-refractivity contribution in [2.75, 3.05) is 4.72 Å². The normalized spacial score (nSPS) is 11.1. The van der Waals surface area contributed by atoms with Crippen LogP contribution in [-0.2, 0) is 10.0 Å². The lowest BCUT2D eigenvalue weighted by Gasteiger charge is -2.13. The van der Waals surface area contributed by atoms with Crippen LogP contribution in [-0.4, -0.2) is 19.5 Å². The number of carboxylic acids is 1. The number of aromatic carboxylic acids is 1. The number of para-hydroxylation sites is 1. The molecule has 0 saturated carbocycles. The molecule has 0 unspecified atom stereocenters. The van der Waals surface area contributed by atoms with Gasteiger partial charge in [0.25, 0.3) is 10.0 Å². The Morgan fingerprint density at radius 3 is 2.27 bits per heavy atom. The Morgan fingerprint density at radius 2 is 1.58 bits per heavy atom. The lowest BCUT2D eigenvalue weighted by Crippen LogP contribution is -2.15. The monoisotopic (exact) mass is 371 g/mol. The molecule has 3 aromatic carbocycles. The first-order valence-electron chi connectivity index (χ1n) is 7.58. The summed E-state index contributed by atoms with van der Waals surface area (Å²) in [6.45, 7) is 0. The van der Waals surface area contributed by atoms with Crippen molar-refractivity contribution in [3.63, 3.8) is 0 Å². The van der Waals surface area contributed by atoms with Gasteiger partial charge in [-0.2, -0.15) is 0 Å². The average Bonchev–Trinajstić information content (AvgIpc) is 2.62. The Hall–Kier alpha value is -3.19. The van der Waals surface area contributed by atoms with Crippen LogP contribution in [0.25, 0.3) is 11.1 Å². The van der Waals surface area contributed by atoms with Crippen LogP contribution in [0, 0.1) is 5.82 Å². The summed E-state index contributed by atoms with van der Waals surface area (Å²) in [6.07, 6.45) is 0. The maximum absolute atomic E-state index is 13.5. The molecule has 0 aromatic heterocycles. The van der Waals surface area contributed by atoms with Gasteiger partial charge in [0.15, 0.2) is 0 Å². The number of carbonyl (C=O) groups is 1. The average molecular weight is 371 g/mol. The van der Waals surface area contributed by atoms with E-state index >= 15 is 0 Å². The van der Waals surface area contributed by atoms with Crippen LogP contribution in [0.3, 0.4) is 0 Å². The highest BCUT2D eigenvalue weighted by Gasteiger charge is 2.20. The number of benzene rings is 3. The van der Waals surface area contributed by atoms with E-state index in [1.807, 2.05) is 30.3 Å². The molecule has 26 heavy (non-hydrogen) atoms. The summed E-state index contributed by atoms with van der Waals surface area (Å²) in [6, 6.07) is 18.7. The summed E-state index contributed by atoms with van der Waals surface area (Å²) in [7, 11) is -4.10. The van der Waals surface area contributed by atoms with E-state index in [1.165, 1.54) is 0 Å². The molecule has 0 aliphatic heterocycles. The first-order valence-corrected chi connectivity index (χ1v) is 9.07. The minimum Gasteiger partial charge on any atom is -0.478 e. The van der Waals surface area contributed by atoms with E-state index in [0.717, 1.165) is 23.8 Å². The zero-order valence-corrected chi connectivity index (χ0v) is 14.2. The van der Waals surface area contributed by atoms with E-state index in [0.29, 0.717) is 11.3 Å². The van der Waals surface area contributed by atoms with Gasteiger partial charge in [-0.3, -0.25) is 4.72 Å². The van der Waals surface area contributed by atoms with Crippen LogP contribution >= 0.6 is 0 Å². The summed E-state index contributed by atoms with van der Waals surface area (Å²) >= 11 is 0. The van der Waals surface area contributed by atoms with Crippen molar-refractivity contribution in [2.24, 2.45) is 0 Å². The Bertz CT molecular complexity index is 1070. The predicted octanol–water partition coefficient (Wildman–Crippen LogP) is 3.99. The SMILES string of the molecule is O=C(O)c1cc(S(=O)(=O)Nc2ccccc2-c2ccccc2)ccc1F. The fraction of sp³-hybridized carbons (Fsp3) is 0. The molecule has 5 nitrogen and oxygen atoms in total. The topological polar surface area (TPSA) is 83.5 Å². The molecule has 0 amide bonds. The highest BCUT2D eigenvalue weighted by atomic mass is 32.2. The van der Waals surface area contributed by atoms with Gasteiger partial charge in [0, 0.05) is 5.56 Å². The van der Waals surface area contributed by atoms with Crippen LogP contribution in [0.4, 0.5) is 10.1 Å². The smallest absolute Gasteiger partial charge is 0.338 e. The number of carboxylic acid groups (broad SMARTS) is 1. The van der Waals surface area contributed by atoms with Crippen LogP contribution in [0.5, 0.6) is 0 Å². The molecule has 3 rings (SSSR count). The third-order valence-electron chi connectivity index (χ3n) is 3.73. The van der Waals surface area contributed by atoms with Crippen LogP contribution in [0.2, 0.25) is 0 Å². The van der Waals surface area contributed by atoms with Crippen molar-refractivity contribution < 1.29 is 22.7 Å². The van der Waals surface area contributed by atoms with Gasteiger partial charge < -0.3 is 5.11 Å². The molecular weight excluding hydrogens is 357 g/mol. The van der Waals surface area contributed by atoms with Crippen molar-refractivity contribution >= 4 is 21.7 Å². The second kappa shape index (κ2) is 6.97. The van der Waals surface area contributed by atoms with Crippen LogP contribution in [0.1, 0.15) is 10.4 Å². The summed E-state index contributed by atoms with van der Waals surface area (Å²) < 4.78 is 41.3. The quantitative estimate of drug-likeness (QED) is 0.710. The van der Waals surface area contributed by atoms with E-state index in [9.17, 15) is 17.6 Å². The van der Waals surface area contributed by atoms with Crippen LogP contribution in [0.15, 0.2) is 77.7 Å². The van der Waals surface area contributed by atoms with Gasteiger partial charge in [-0.25, -0.2) is 17.6 Å². The van der Waals surface area contributed by atoms with Gasteiger partial charge in [-0.05, 0) is 29.8 Å². The number of halogens is 1. The summed E-state index contributed by atoms with van der Waals surface area (Å²) in [5.74, 6) is -2.54. The molecule has 3 aromatic rings. The molecule has 0 radical (unpaired) electrons. The van der Waals surface area contributed by atoms with Gasteiger partial charge in [0.05, 0.1) is 16.1 Å². The molecule has 0 aliphatic carbocycles. The van der Waals surface area contributed by atoms with Crippen molar-refractivity contribution in [3.8, 4) is 11.1 Å². The molecular formula is C19H14FNO4S. The summed E-state index contributed by atoms with van der Waals surface area (Å²) in [4.78, 5) is 10.7. The first kappa shape index (κ1) is 17.6. The van der Waals surface area contributed by atoms with E-state index in [-0.39, 0.29) is 4.90 Å². The maximum Gasteiger partial charge on any atom is 0.338 e. The van der Waals surface area contributed by atoms with Crippen molar-refractivity contribution in [2.45, 2.75) is 4.90 Å². The minimum atomic E-state index is -4.10. The maximum atomic E-state index is 13.5. The van der Waals surface area contributed by atoms with E-state index < -0.39 is 27.4 Å². The third-order valence-corrected chi connectivity index (χ3v) is 5.10. The zero-order chi connectivity index (χ0) is 18.7. The lowest BCUT2D eigenvalue weighted by molar-refractivity contribution is 0.0691. The van der Waals surface area contributed by atoms with Gasteiger partial charge in [-0.1, -0.05) is 48.5 Å².